The number of aromatic nitrogens is 7. The van der Waals surface area contributed by atoms with E-state index in [1.807, 2.05) is 0 Å². The van der Waals surface area contributed by atoms with Crippen LogP contribution < -0.4 is 17.0 Å². The van der Waals surface area contributed by atoms with E-state index < -0.39 is 82.4 Å². The molecule has 3 fully saturated rings. The standard InChI is InChI=1S/C21H25N9O12P2S/c22-15-10-17(25-5-24-15)30(6-26-10)20-13-11(31)9(40-20)4-38-44(36,45)42-14-12(32)8(3-37-43(34,35)41-13)39-19(14)29-2-1-7-16(29)27-21(23)28-18(7)33/h1-2,5-6,8-9,11-14,19-20,31-32H,3-4H2,(H,34,35)(H,36,45)(H2,22,24,25)(H3,23,27,28,33)/t8-,9-,11?,12?,13+,14+,19-,20-,44?/m1/s1. The summed E-state index contributed by atoms with van der Waals surface area (Å²) in [6.45, 7) is -5.58. The summed E-state index contributed by atoms with van der Waals surface area (Å²) in [4.78, 5) is 52.7. The van der Waals surface area contributed by atoms with Crippen molar-refractivity contribution in [3.8, 4) is 0 Å². The van der Waals surface area contributed by atoms with E-state index in [9.17, 15) is 29.4 Å². The van der Waals surface area contributed by atoms with Crippen molar-refractivity contribution in [3.05, 3.63) is 35.3 Å². The number of aliphatic hydroxyl groups excluding tert-OH is 2. The van der Waals surface area contributed by atoms with Gasteiger partial charge in [0.15, 0.2) is 29.6 Å². The molecule has 4 aromatic rings. The Kier molecular flexibility index (Phi) is 7.56. The summed E-state index contributed by atoms with van der Waals surface area (Å²) >= 11 is 5.22. The van der Waals surface area contributed by atoms with E-state index in [-0.39, 0.29) is 34.0 Å². The number of anilines is 2. The average Bonchev–Trinajstić information content (AvgIpc) is 3.72. The molecule has 10 atom stereocenters. The van der Waals surface area contributed by atoms with E-state index in [1.54, 1.807) is 0 Å². The molecule has 3 aliphatic heterocycles. The van der Waals surface area contributed by atoms with E-state index in [4.69, 9.17) is 50.8 Å². The number of hydrogen-bond donors (Lipinski definition) is 7. The fraction of sp³-hybridized carbons (Fsp3) is 0.476. The number of aliphatic hydroxyl groups is 2. The fourth-order valence-electron chi connectivity index (χ4n) is 5.41. The van der Waals surface area contributed by atoms with Gasteiger partial charge in [0.25, 0.3) is 5.56 Å². The maximum absolute atomic E-state index is 13.2. The fourth-order valence-corrected chi connectivity index (χ4v) is 7.76. The highest BCUT2D eigenvalue weighted by Crippen LogP contribution is 2.54. The number of nitrogens with two attached hydrogens (primary N) is 2. The van der Waals surface area contributed by atoms with Crippen molar-refractivity contribution in [3.63, 3.8) is 0 Å². The van der Waals surface area contributed by atoms with Gasteiger partial charge in [-0.1, -0.05) is 0 Å². The number of rotatable bonds is 2. The number of aromatic amines is 1. The third-order valence-electron chi connectivity index (χ3n) is 7.47. The SMILES string of the molecule is Nc1nc2c(ccn2[C@@H]2O[C@@H]3COP(=O)(O)O[C@H]4C(O)[C@@H](COP(O)(=S)O[C@H]2C3O)O[C@H]4n2cnc3c(N)ncnc32)c(=O)[nH]1. The Hall–Kier alpha value is -2.95. The van der Waals surface area contributed by atoms with Gasteiger partial charge in [0.1, 0.15) is 48.5 Å². The molecule has 4 aromatic heterocycles. The van der Waals surface area contributed by atoms with E-state index in [2.05, 4.69) is 24.9 Å². The molecule has 0 spiro atoms. The summed E-state index contributed by atoms with van der Waals surface area (Å²) in [5.74, 6) is -0.157. The van der Waals surface area contributed by atoms with Crippen molar-refractivity contribution in [2.45, 2.75) is 49.1 Å². The van der Waals surface area contributed by atoms with Gasteiger partial charge in [-0.15, -0.1) is 0 Å². The molecule has 0 aromatic carbocycles. The van der Waals surface area contributed by atoms with Gasteiger partial charge in [-0.05, 0) is 17.9 Å². The number of H-pyrrole nitrogens is 1. The molecule has 4 unspecified atom stereocenters. The van der Waals surface area contributed by atoms with Crippen LogP contribution >= 0.6 is 14.5 Å². The molecule has 4 bridgehead atoms. The van der Waals surface area contributed by atoms with Gasteiger partial charge in [-0.3, -0.25) is 27.9 Å². The summed E-state index contributed by atoms with van der Waals surface area (Å²) in [5.41, 5.74) is 11.4. The normalized spacial score (nSPS) is 37.7. The van der Waals surface area contributed by atoms with Crippen molar-refractivity contribution >= 4 is 60.3 Å². The Morgan fingerprint density at radius 1 is 0.956 bits per heavy atom. The number of hydrogen-bond acceptors (Lipinski definition) is 17. The Labute approximate surface area is 255 Å². The number of fused-ring (bicyclic) bond motifs is 6. The van der Waals surface area contributed by atoms with E-state index >= 15 is 0 Å². The lowest BCUT2D eigenvalue weighted by Crippen LogP contribution is -2.38. The van der Waals surface area contributed by atoms with Crippen LogP contribution in [0.4, 0.5) is 11.8 Å². The summed E-state index contributed by atoms with van der Waals surface area (Å²) in [6.07, 6.45) is -7.81. The second kappa shape index (κ2) is 11.1. The topological polar surface area (TPSA) is 300 Å². The first kappa shape index (κ1) is 30.7. The van der Waals surface area contributed by atoms with E-state index in [1.165, 1.54) is 34.1 Å². The lowest BCUT2D eigenvalue weighted by molar-refractivity contribution is -0.0648. The lowest BCUT2D eigenvalue weighted by Gasteiger charge is -2.27. The molecule has 3 aliphatic rings. The molecular weight excluding hydrogens is 664 g/mol. The number of nitrogens with one attached hydrogen (secondary N) is 1. The minimum Gasteiger partial charge on any atom is -0.387 e. The first-order valence-electron chi connectivity index (χ1n) is 13.1. The predicted molar refractivity (Wildman–Crippen MR) is 152 cm³/mol. The molecule has 45 heavy (non-hydrogen) atoms. The van der Waals surface area contributed by atoms with Crippen molar-refractivity contribution < 1.29 is 52.1 Å². The first-order chi connectivity index (χ1) is 21.3. The molecule has 0 saturated carbocycles. The smallest absolute Gasteiger partial charge is 0.387 e. The largest absolute Gasteiger partial charge is 0.472 e. The Morgan fingerprint density at radius 3 is 2.36 bits per heavy atom. The molecule has 21 nitrogen and oxygen atoms in total. The van der Waals surface area contributed by atoms with Crippen LogP contribution in [0, 0.1) is 0 Å². The maximum Gasteiger partial charge on any atom is 0.472 e. The molecule has 0 aliphatic carbocycles. The van der Waals surface area contributed by atoms with Crippen LogP contribution in [0.2, 0.25) is 0 Å². The van der Waals surface area contributed by atoms with Crippen molar-refractivity contribution in [2.75, 3.05) is 24.7 Å². The van der Waals surface area contributed by atoms with Gasteiger partial charge < -0.3 is 50.0 Å². The first-order valence-corrected chi connectivity index (χ1v) is 17.2. The Balaban J connectivity index is 1.23. The zero-order valence-electron chi connectivity index (χ0n) is 22.5. The second-order valence-electron chi connectivity index (χ2n) is 10.3. The van der Waals surface area contributed by atoms with Crippen molar-refractivity contribution in [1.82, 2.24) is 34.1 Å². The Bertz CT molecular complexity index is 1940. The molecule has 242 valence electrons. The van der Waals surface area contributed by atoms with E-state index in [0.717, 1.165) is 0 Å². The number of nitrogen functional groups attached to an aromatic ring is 2. The van der Waals surface area contributed by atoms with Gasteiger partial charge in [-0.25, -0.2) is 19.5 Å². The third-order valence-corrected chi connectivity index (χ3v) is 10.0. The highest BCUT2D eigenvalue weighted by atomic mass is 32.5. The maximum atomic E-state index is 13.2. The van der Waals surface area contributed by atoms with Crippen LogP contribution in [0.3, 0.4) is 0 Å². The summed E-state index contributed by atoms with van der Waals surface area (Å²) in [7, 11) is -5.02. The molecule has 7 rings (SSSR count). The highest BCUT2D eigenvalue weighted by Gasteiger charge is 2.53. The van der Waals surface area contributed by atoms with Crippen LogP contribution in [0.15, 0.2) is 29.7 Å². The molecule has 24 heteroatoms. The summed E-state index contributed by atoms with van der Waals surface area (Å²) < 4.78 is 49.5. The van der Waals surface area contributed by atoms with Gasteiger partial charge >= 0.3 is 14.5 Å². The van der Waals surface area contributed by atoms with Crippen molar-refractivity contribution in [2.24, 2.45) is 0 Å². The quantitative estimate of drug-likeness (QED) is 0.116. The molecule has 0 amide bonds. The zero-order valence-corrected chi connectivity index (χ0v) is 25.1. The Morgan fingerprint density at radius 2 is 1.62 bits per heavy atom. The number of ether oxygens (including phenoxy) is 2. The highest BCUT2D eigenvalue weighted by molar-refractivity contribution is 8.07. The molecule has 7 heterocycles. The monoisotopic (exact) mass is 689 g/mol. The van der Waals surface area contributed by atoms with Gasteiger partial charge in [0.05, 0.1) is 24.9 Å². The second-order valence-corrected chi connectivity index (χ2v) is 14.5. The lowest BCUT2D eigenvalue weighted by atomic mass is 10.1. The minimum atomic E-state index is -5.02. The number of imidazole rings is 1. The van der Waals surface area contributed by atoms with Crippen LogP contribution in [-0.2, 0) is 43.9 Å². The van der Waals surface area contributed by atoms with Gasteiger partial charge in [0, 0.05) is 6.20 Å². The van der Waals surface area contributed by atoms with Crippen LogP contribution in [0.1, 0.15) is 12.5 Å². The minimum absolute atomic E-state index is 0.0452. The summed E-state index contributed by atoms with van der Waals surface area (Å²) in [6, 6.07) is 1.41. The predicted octanol–water partition coefficient (Wildman–Crippen LogP) is -1.62. The molecular formula is C21H25N9O12P2S. The number of nitrogens with zero attached hydrogens (tertiary/aromatic N) is 6. The van der Waals surface area contributed by atoms with Gasteiger partial charge in [0.2, 0.25) is 5.95 Å². The van der Waals surface area contributed by atoms with Gasteiger partial charge in [-0.2, -0.15) is 4.98 Å². The molecule has 9 N–H and O–H groups in total. The number of phosphoric acid groups is 1. The average molecular weight is 689 g/mol. The zero-order chi connectivity index (χ0) is 31.8. The molecule has 3 saturated heterocycles. The molecule has 0 radical (unpaired) electrons. The third kappa shape index (κ3) is 5.46. The van der Waals surface area contributed by atoms with Crippen LogP contribution in [0.25, 0.3) is 22.2 Å². The van der Waals surface area contributed by atoms with Crippen molar-refractivity contribution in [1.29, 1.82) is 0 Å². The number of phosphoric ester groups is 1. The van der Waals surface area contributed by atoms with Crippen LogP contribution in [-0.4, -0.2) is 104 Å². The van der Waals surface area contributed by atoms with Crippen LogP contribution in [0.5, 0.6) is 0 Å². The summed E-state index contributed by atoms with van der Waals surface area (Å²) in [5, 5.41) is 22.4. The van der Waals surface area contributed by atoms with E-state index in [0.29, 0.717) is 0 Å².